The molecule has 5 atom stereocenters. The Morgan fingerprint density at radius 2 is 1.20 bits per heavy atom. The molecule has 2 aliphatic rings. The summed E-state index contributed by atoms with van der Waals surface area (Å²) in [6, 6.07) is 8.19. The van der Waals surface area contributed by atoms with Gasteiger partial charge in [-0.05, 0) is 196 Å². The Labute approximate surface area is 407 Å². The Kier molecular flexibility index (Phi) is 22.0. The maximum atomic E-state index is 12.9. The quantitative estimate of drug-likeness (QED) is 0.183. The number of nitrogens with one attached hydrogen (secondary N) is 1. The molecule has 0 aliphatic carbocycles. The van der Waals surface area contributed by atoms with Crippen LogP contribution in [0.3, 0.4) is 0 Å². The van der Waals surface area contributed by atoms with Gasteiger partial charge in [0.25, 0.3) is 0 Å². The van der Waals surface area contributed by atoms with Gasteiger partial charge >= 0.3 is 12.2 Å². The molecule has 3 unspecified atom stereocenters. The molecule has 2 fully saturated rings. The molecular formula is C50H85BrN6O6S2. The summed E-state index contributed by atoms with van der Waals surface area (Å²) < 4.78 is 43.3. The number of amides is 2. The number of hydrogen-bond donors (Lipinski definition) is 1. The summed E-state index contributed by atoms with van der Waals surface area (Å²) in [6.07, 6.45) is 10.4. The molecule has 4 rings (SSSR count). The van der Waals surface area contributed by atoms with Crippen molar-refractivity contribution in [1.29, 1.82) is 0 Å². The van der Waals surface area contributed by atoms with Gasteiger partial charge in [-0.2, -0.15) is 4.40 Å². The average Bonchev–Trinajstić information content (AvgIpc) is 3.83. The van der Waals surface area contributed by atoms with Crippen LogP contribution in [0.4, 0.5) is 9.59 Å². The number of carbonyl (C=O) groups excluding carboxylic acids is 2. The van der Waals surface area contributed by atoms with Gasteiger partial charge in [-0.15, -0.1) is 0 Å². The highest BCUT2D eigenvalue weighted by Gasteiger charge is 2.32. The first-order valence-electron chi connectivity index (χ1n) is 23.2. The molecule has 0 bridgehead atoms. The predicted octanol–water partition coefficient (Wildman–Crippen LogP) is 12.2. The molecule has 4 heterocycles. The van der Waals surface area contributed by atoms with Crippen molar-refractivity contribution in [3.05, 3.63) is 58.1 Å². The predicted molar refractivity (Wildman–Crippen MR) is 274 cm³/mol. The number of halogens is 1. The zero-order chi connectivity index (χ0) is 49.8. The summed E-state index contributed by atoms with van der Waals surface area (Å²) in [4.78, 5) is 36.7. The van der Waals surface area contributed by atoms with E-state index in [0.29, 0.717) is 18.4 Å². The normalized spacial score (nSPS) is 18.9. The molecule has 2 aliphatic heterocycles. The second-order valence-corrected chi connectivity index (χ2v) is 28.1. The molecule has 0 spiro atoms. The van der Waals surface area contributed by atoms with Crippen LogP contribution in [0.2, 0.25) is 0 Å². The Bertz CT molecular complexity index is 1900. The molecule has 0 aromatic carbocycles. The number of nitrogens with zero attached hydrogens (tertiary/aromatic N) is 5. The average molecular weight is 1010 g/mol. The van der Waals surface area contributed by atoms with Crippen LogP contribution in [0.25, 0.3) is 0 Å². The number of aromatic nitrogens is 2. The van der Waals surface area contributed by atoms with Gasteiger partial charge in [0.1, 0.15) is 26.8 Å². The van der Waals surface area contributed by atoms with Gasteiger partial charge in [-0.25, -0.2) is 27.7 Å². The van der Waals surface area contributed by atoms with Crippen molar-refractivity contribution in [2.24, 2.45) is 16.2 Å². The Morgan fingerprint density at radius 3 is 1.62 bits per heavy atom. The minimum Gasteiger partial charge on any atom is -0.444 e. The SMILES string of the molecule is CC(C)(C)OC(=O)N1CC[C@H](CCC(NS(=O)C(C)(C)C)c2cc(C(C)(C)C)ccn2)C1.CC(C)(C)OC(=O)N1CC[C@H](CCC=NS(=O)C(C)(C)C)C1.CC(C)(C)c1ccnc(Br)c1. The molecule has 12 nitrogen and oxygen atoms in total. The van der Waals surface area contributed by atoms with Gasteiger partial charge in [0.2, 0.25) is 0 Å². The summed E-state index contributed by atoms with van der Waals surface area (Å²) in [6.45, 7) is 39.0. The highest BCUT2D eigenvalue weighted by Crippen LogP contribution is 2.31. The van der Waals surface area contributed by atoms with Crippen molar-refractivity contribution in [3.63, 3.8) is 0 Å². The molecule has 15 heteroatoms. The second kappa shape index (κ2) is 24.5. The fourth-order valence-corrected chi connectivity index (χ4v) is 8.43. The molecule has 0 radical (unpaired) electrons. The fraction of sp³-hybridized carbons (Fsp3) is 0.740. The number of carbonyl (C=O) groups is 2. The first-order valence-corrected chi connectivity index (χ1v) is 26.3. The third-order valence-electron chi connectivity index (χ3n) is 10.5. The molecular weight excluding hydrogens is 925 g/mol. The van der Waals surface area contributed by atoms with Crippen LogP contribution in [0.5, 0.6) is 0 Å². The molecule has 1 N–H and O–H groups in total. The molecule has 2 aromatic rings. The zero-order valence-corrected chi connectivity index (χ0v) is 46.4. The first-order chi connectivity index (χ1) is 29.5. The van der Waals surface area contributed by atoms with E-state index in [2.05, 4.69) is 94.8 Å². The van der Waals surface area contributed by atoms with Crippen LogP contribution in [0, 0.1) is 11.8 Å². The highest BCUT2D eigenvalue weighted by molar-refractivity contribution is 9.10. The van der Waals surface area contributed by atoms with Crippen molar-refractivity contribution in [3.8, 4) is 0 Å². The van der Waals surface area contributed by atoms with Crippen LogP contribution in [-0.4, -0.2) is 93.5 Å². The fourth-order valence-electron chi connectivity index (χ4n) is 6.66. The van der Waals surface area contributed by atoms with Gasteiger partial charge in [0.05, 0.1) is 32.2 Å². The summed E-state index contributed by atoms with van der Waals surface area (Å²) in [5, 5.41) is 0. The molecule has 2 amide bonds. The minimum absolute atomic E-state index is 0.0186. The van der Waals surface area contributed by atoms with Gasteiger partial charge < -0.3 is 19.3 Å². The van der Waals surface area contributed by atoms with Gasteiger partial charge in [0, 0.05) is 44.8 Å². The minimum atomic E-state index is -1.20. The summed E-state index contributed by atoms with van der Waals surface area (Å²) in [5.74, 6) is 0.878. The summed E-state index contributed by atoms with van der Waals surface area (Å²) in [5.41, 5.74) is 2.75. The van der Waals surface area contributed by atoms with E-state index < -0.39 is 33.2 Å². The lowest BCUT2D eigenvalue weighted by atomic mass is 9.86. The van der Waals surface area contributed by atoms with Crippen molar-refractivity contribution in [1.82, 2.24) is 24.5 Å². The van der Waals surface area contributed by atoms with Crippen LogP contribution >= 0.6 is 15.9 Å². The van der Waals surface area contributed by atoms with E-state index in [-0.39, 0.29) is 38.6 Å². The van der Waals surface area contributed by atoms with E-state index in [1.54, 1.807) is 11.1 Å². The first kappa shape index (κ1) is 58.4. The second-order valence-electron chi connectivity index (χ2n) is 23.4. The smallest absolute Gasteiger partial charge is 0.410 e. The number of rotatable bonds is 10. The lowest BCUT2D eigenvalue weighted by Gasteiger charge is -2.27. The van der Waals surface area contributed by atoms with E-state index in [1.807, 2.05) is 106 Å². The van der Waals surface area contributed by atoms with Crippen molar-refractivity contribution in [2.75, 3.05) is 26.2 Å². The molecule has 2 saturated heterocycles. The number of ether oxygens (including phenoxy) is 2. The number of pyridine rings is 2. The molecule has 65 heavy (non-hydrogen) atoms. The molecule has 0 saturated carbocycles. The van der Waals surface area contributed by atoms with E-state index in [4.69, 9.17) is 9.47 Å². The highest BCUT2D eigenvalue weighted by atomic mass is 79.9. The van der Waals surface area contributed by atoms with Crippen LogP contribution in [-0.2, 0) is 42.3 Å². The lowest BCUT2D eigenvalue weighted by molar-refractivity contribution is 0.0277. The Hall–Kier alpha value is -2.75. The number of likely N-dealkylation sites (tertiary alicyclic amines) is 2. The van der Waals surface area contributed by atoms with E-state index in [1.165, 1.54) is 11.1 Å². The van der Waals surface area contributed by atoms with Gasteiger partial charge in [-0.1, -0.05) is 41.5 Å². The standard InChI is InChI=1S/C25H43N3O3S.C16H30N2O3S.C9H12BrN/c1-23(2,3)19-12-14-26-21(16-19)20(27-32(30)25(7,8)9)11-10-18-13-15-28(17-18)22(29)31-24(4,5)6;1-15(2,3)21-14(19)18-11-9-13(12-18)8-7-10-17-22(20)16(4,5)6;1-9(2,3)7-4-5-11-8(10)6-7/h12,14,16,18,20,27H,10-11,13,15,17H2,1-9H3;10,13H,7-9,11-12H2,1-6H3;4-6H,1-3H3/t18-,20?,32?;13-,22?;/m00./s1. The monoisotopic (exact) mass is 1010 g/mol. The van der Waals surface area contributed by atoms with Crippen LogP contribution in [0.1, 0.15) is 186 Å². The maximum Gasteiger partial charge on any atom is 0.410 e. The Balaban J connectivity index is 0.000000377. The van der Waals surface area contributed by atoms with E-state index in [0.717, 1.165) is 68.5 Å². The number of hydrogen-bond acceptors (Lipinski definition) is 8. The van der Waals surface area contributed by atoms with Crippen molar-refractivity contribution >= 4 is 56.3 Å². The van der Waals surface area contributed by atoms with Crippen molar-refractivity contribution < 1.29 is 27.5 Å². The molecule has 2 aromatic heterocycles. The third kappa shape index (κ3) is 22.7. The zero-order valence-electron chi connectivity index (χ0n) is 43.2. The summed E-state index contributed by atoms with van der Waals surface area (Å²) in [7, 11) is -2.38. The van der Waals surface area contributed by atoms with E-state index >= 15 is 0 Å². The van der Waals surface area contributed by atoms with Gasteiger partial charge in [-0.3, -0.25) is 4.98 Å². The lowest BCUT2D eigenvalue weighted by Crippen LogP contribution is -2.36. The maximum absolute atomic E-state index is 12.9. The van der Waals surface area contributed by atoms with Gasteiger partial charge in [0.15, 0.2) is 0 Å². The largest absolute Gasteiger partial charge is 0.444 e. The van der Waals surface area contributed by atoms with Crippen LogP contribution in [0.15, 0.2) is 45.7 Å². The van der Waals surface area contributed by atoms with Crippen molar-refractivity contribution in [2.45, 2.75) is 201 Å². The van der Waals surface area contributed by atoms with E-state index in [9.17, 15) is 18.0 Å². The Morgan fingerprint density at radius 1 is 0.738 bits per heavy atom. The van der Waals surface area contributed by atoms with Crippen LogP contribution < -0.4 is 4.72 Å². The molecule has 370 valence electrons. The summed E-state index contributed by atoms with van der Waals surface area (Å²) >= 11 is 3.34. The third-order valence-corrected chi connectivity index (χ3v) is 14.0. The topological polar surface area (TPSA) is 143 Å².